The van der Waals surface area contributed by atoms with Crippen molar-refractivity contribution in [3.63, 3.8) is 0 Å². The molecule has 0 saturated carbocycles. The molecule has 0 aliphatic carbocycles. The fourth-order valence-electron chi connectivity index (χ4n) is 3.63. The van der Waals surface area contributed by atoms with E-state index in [4.69, 9.17) is 0 Å². The van der Waals surface area contributed by atoms with Gasteiger partial charge in [-0.2, -0.15) is 13.2 Å². The maximum Gasteiger partial charge on any atom is 0.406 e. The second-order valence-electron chi connectivity index (χ2n) is 7.07. The van der Waals surface area contributed by atoms with E-state index < -0.39 is 24.5 Å². The molecule has 2 fully saturated rings. The number of alkyl halides is 3. The number of amides is 2. The second-order valence-corrected chi connectivity index (χ2v) is 7.07. The van der Waals surface area contributed by atoms with Crippen molar-refractivity contribution in [3.8, 4) is 0 Å². The maximum absolute atomic E-state index is 12.4. The molecule has 2 atom stereocenters. The molecule has 2 aliphatic heterocycles. The van der Waals surface area contributed by atoms with Crippen molar-refractivity contribution >= 4 is 11.8 Å². The molecule has 0 radical (unpaired) electrons. The van der Waals surface area contributed by atoms with Crippen LogP contribution in [-0.2, 0) is 9.59 Å². The van der Waals surface area contributed by atoms with Crippen LogP contribution in [0.1, 0.15) is 45.4 Å². The van der Waals surface area contributed by atoms with Gasteiger partial charge >= 0.3 is 6.18 Å². The van der Waals surface area contributed by atoms with Gasteiger partial charge in [-0.3, -0.25) is 14.5 Å². The number of hydrogen-bond acceptors (Lipinski definition) is 3. The summed E-state index contributed by atoms with van der Waals surface area (Å²) in [5.74, 6) is -1.58. The topological polar surface area (TPSA) is 52.7 Å². The third-order valence-corrected chi connectivity index (χ3v) is 5.02. The van der Waals surface area contributed by atoms with Gasteiger partial charge < -0.3 is 10.2 Å². The number of nitrogens with zero attached hydrogens (tertiary/aromatic N) is 2. The van der Waals surface area contributed by atoms with E-state index >= 15 is 0 Å². The first-order valence-corrected chi connectivity index (χ1v) is 9.16. The van der Waals surface area contributed by atoms with Crippen LogP contribution in [0.4, 0.5) is 13.2 Å². The van der Waals surface area contributed by atoms with Crippen LogP contribution in [0.3, 0.4) is 0 Å². The first-order valence-electron chi connectivity index (χ1n) is 9.16. The van der Waals surface area contributed by atoms with Crippen LogP contribution in [0.5, 0.6) is 0 Å². The van der Waals surface area contributed by atoms with Crippen molar-refractivity contribution in [2.75, 3.05) is 32.7 Å². The Labute approximate surface area is 146 Å². The summed E-state index contributed by atoms with van der Waals surface area (Å²) >= 11 is 0. The highest BCUT2D eigenvalue weighted by atomic mass is 19.4. The van der Waals surface area contributed by atoms with Crippen molar-refractivity contribution in [3.05, 3.63) is 0 Å². The Bertz CT molecular complexity index is 471. The zero-order valence-electron chi connectivity index (χ0n) is 14.8. The highest BCUT2D eigenvalue weighted by molar-refractivity contribution is 5.89. The number of piperidine rings is 1. The van der Waals surface area contributed by atoms with Gasteiger partial charge in [0.05, 0.1) is 5.92 Å². The molecule has 2 rings (SSSR count). The van der Waals surface area contributed by atoms with Crippen LogP contribution in [-0.4, -0.2) is 66.6 Å². The summed E-state index contributed by atoms with van der Waals surface area (Å²) in [6, 6.07) is 0.285. The molecule has 5 nitrogen and oxygen atoms in total. The normalized spacial score (nSPS) is 25.4. The summed E-state index contributed by atoms with van der Waals surface area (Å²) < 4.78 is 37.3. The number of hydrogen-bond donors (Lipinski definition) is 1. The molecule has 0 aromatic carbocycles. The zero-order valence-corrected chi connectivity index (χ0v) is 14.8. The quantitative estimate of drug-likeness (QED) is 0.754. The average Bonchev–Trinajstić information content (AvgIpc) is 2.90. The van der Waals surface area contributed by atoms with Gasteiger partial charge in [0, 0.05) is 25.6 Å². The molecule has 0 spiro atoms. The molecule has 8 heteroatoms. The van der Waals surface area contributed by atoms with Crippen molar-refractivity contribution in [1.29, 1.82) is 0 Å². The monoisotopic (exact) mass is 363 g/mol. The second kappa shape index (κ2) is 8.87. The molecule has 144 valence electrons. The van der Waals surface area contributed by atoms with E-state index in [1.54, 1.807) is 0 Å². The van der Waals surface area contributed by atoms with Crippen LogP contribution in [0.2, 0.25) is 0 Å². The van der Waals surface area contributed by atoms with Crippen molar-refractivity contribution < 1.29 is 22.8 Å². The van der Waals surface area contributed by atoms with Gasteiger partial charge in [0.2, 0.25) is 11.8 Å². The van der Waals surface area contributed by atoms with Crippen LogP contribution >= 0.6 is 0 Å². The number of rotatable bonds is 7. The predicted octanol–water partition coefficient (Wildman–Crippen LogP) is 2.17. The lowest BCUT2D eigenvalue weighted by Crippen LogP contribution is -2.48. The maximum atomic E-state index is 12.4. The van der Waals surface area contributed by atoms with E-state index in [-0.39, 0.29) is 24.9 Å². The summed E-state index contributed by atoms with van der Waals surface area (Å²) in [7, 11) is 0. The van der Waals surface area contributed by atoms with Crippen molar-refractivity contribution in [2.45, 2.75) is 57.7 Å². The number of carbonyl (C=O) groups excluding carboxylic acids is 2. The first-order chi connectivity index (χ1) is 11.8. The standard InChI is InChI=1S/C17H28F3N3O2/c1-2-3-7-22-8-5-4-6-14(22)10-21-16(25)13-9-15(24)23(11-13)12-17(18,19)20/h13-14H,2-12H2,1H3,(H,21,25). The van der Waals surface area contributed by atoms with E-state index in [2.05, 4.69) is 17.1 Å². The third kappa shape index (κ3) is 6.17. The van der Waals surface area contributed by atoms with Crippen LogP contribution in [0, 0.1) is 5.92 Å². The van der Waals surface area contributed by atoms with E-state index in [0.29, 0.717) is 6.54 Å². The number of unbranched alkanes of at least 4 members (excludes halogenated alkanes) is 1. The van der Waals surface area contributed by atoms with Gasteiger partial charge in [-0.15, -0.1) is 0 Å². The number of nitrogens with one attached hydrogen (secondary N) is 1. The summed E-state index contributed by atoms with van der Waals surface area (Å²) in [5, 5.41) is 2.86. The summed E-state index contributed by atoms with van der Waals surface area (Å²) in [6.45, 7) is 3.27. The van der Waals surface area contributed by atoms with E-state index in [9.17, 15) is 22.8 Å². The number of halogens is 3. The summed E-state index contributed by atoms with van der Waals surface area (Å²) in [6.07, 6.45) is 0.994. The highest BCUT2D eigenvalue weighted by Gasteiger charge is 2.40. The van der Waals surface area contributed by atoms with E-state index in [0.717, 1.165) is 50.1 Å². The Hall–Kier alpha value is -1.31. The van der Waals surface area contributed by atoms with Gasteiger partial charge in [-0.05, 0) is 32.4 Å². The van der Waals surface area contributed by atoms with Crippen LogP contribution in [0.15, 0.2) is 0 Å². The number of carbonyl (C=O) groups is 2. The molecular weight excluding hydrogens is 335 g/mol. The van der Waals surface area contributed by atoms with Crippen LogP contribution in [0.25, 0.3) is 0 Å². The lowest BCUT2D eigenvalue weighted by molar-refractivity contribution is -0.157. The zero-order chi connectivity index (χ0) is 18.4. The Morgan fingerprint density at radius 3 is 2.76 bits per heavy atom. The Morgan fingerprint density at radius 2 is 2.08 bits per heavy atom. The first kappa shape index (κ1) is 20.0. The number of likely N-dealkylation sites (tertiary alicyclic amines) is 2. The summed E-state index contributed by atoms with van der Waals surface area (Å²) in [4.78, 5) is 27.1. The molecule has 25 heavy (non-hydrogen) atoms. The molecule has 0 bridgehead atoms. The van der Waals surface area contributed by atoms with E-state index in [1.165, 1.54) is 0 Å². The minimum absolute atomic E-state index is 0.133. The molecule has 1 N–H and O–H groups in total. The minimum Gasteiger partial charge on any atom is -0.354 e. The smallest absolute Gasteiger partial charge is 0.354 e. The van der Waals surface area contributed by atoms with Gasteiger partial charge in [0.25, 0.3) is 0 Å². The van der Waals surface area contributed by atoms with Gasteiger partial charge in [0.1, 0.15) is 6.54 Å². The third-order valence-electron chi connectivity index (χ3n) is 5.02. The van der Waals surface area contributed by atoms with Crippen molar-refractivity contribution in [1.82, 2.24) is 15.1 Å². The lowest BCUT2D eigenvalue weighted by atomic mass is 10.0. The highest BCUT2D eigenvalue weighted by Crippen LogP contribution is 2.24. The molecule has 2 unspecified atom stereocenters. The molecule has 2 saturated heterocycles. The Kier molecular flexibility index (Phi) is 7.10. The Balaban J connectivity index is 1.80. The van der Waals surface area contributed by atoms with Crippen molar-refractivity contribution in [2.24, 2.45) is 5.92 Å². The molecule has 2 aliphatic rings. The minimum atomic E-state index is -4.43. The fourth-order valence-corrected chi connectivity index (χ4v) is 3.63. The summed E-state index contributed by atoms with van der Waals surface area (Å²) in [5.41, 5.74) is 0. The molecular formula is C17H28F3N3O2. The largest absolute Gasteiger partial charge is 0.406 e. The van der Waals surface area contributed by atoms with E-state index in [1.807, 2.05) is 0 Å². The fraction of sp³-hybridized carbons (Fsp3) is 0.882. The predicted molar refractivity (Wildman–Crippen MR) is 87.9 cm³/mol. The van der Waals surface area contributed by atoms with Crippen LogP contribution < -0.4 is 5.32 Å². The van der Waals surface area contributed by atoms with Gasteiger partial charge in [0.15, 0.2) is 0 Å². The molecule has 2 amide bonds. The average molecular weight is 363 g/mol. The molecule has 2 heterocycles. The molecule has 0 aromatic rings. The lowest BCUT2D eigenvalue weighted by Gasteiger charge is -2.36. The van der Waals surface area contributed by atoms with Gasteiger partial charge in [-0.1, -0.05) is 19.8 Å². The SMILES string of the molecule is CCCCN1CCCCC1CNC(=O)C1CC(=O)N(CC(F)(F)F)C1. The van der Waals surface area contributed by atoms with Gasteiger partial charge in [-0.25, -0.2) is 0 Å². The molecule has 0 aromatic heterocycles. The Morgan fingerprint density at radius 1 is 1.32 bits per heavy atom.